The van der Waals surface area contributed by atoms with Crippen molar-refractivity contribution in [1.82, 2.24) is 10.0 Å². The molecule has 0 spiro atoms. The molecule has 0 radical (unpaired) electrons. The summed E-state index contributed by atoms with van der Waals surface area (Å²) in [5.41, 5.74) is 0.669. The van der Waals surface area contributed by atoms with Crippen molar-refractivity contribution in [3.8, 4) is 0 Å². The van der Waals surface area contributed by atoms with E-state index in [0.29, 0.717) is 15.6 Å². The first-order valence-corrected chi connectivity index (χ1v) is 10.8. The lowest BCUT2D eigenvalue weighted by Crippen LogP contribution is -2.37. The first kappa shape index (κ1) is 23.2. The molecule has 0 fully saturated rings. The van der Waals surface area contributed by atoms with Gasteiger partial charge in [-0.3, -0.25) is 4.79 Å². The molecule has 0 heterocycles. The highest BCUT2D eigenvalue weighted by molar-refractivity contribution is 7.89. The zero-order valence-electron chi connectivity index (χ0n) is 15.9. The molecule has 0 aliphatic carbocycles. The van der Waals surface area contributed by atoms with Crippen LogP contribution in [-0.4, -0.2) is 33.4 Å². The van der Waals surface area contributed by atoms with Crippen LogP contribution < -0.4 is 10.0 Å². The largest absolute Gasteiger partial charge is 0.449 e. The van der Waals surface area contributed by atoms with Crippen molar-refractivity contribution >= 4 is 45.1 Å². The van der Waals surface area contributed by atoms with Crippen molar-refractivity contribution in [1.29, 1.82) is 0 Å². The van der Waals surface area contributed by atoms with Gasteiger partial charge in [-0.1, -0.05) is 35.3 Å². The molecule has 7 nitrogen and oxygen atoms in total. The van der Waals surface area contributed by atoms with Crippen molar-refractivity contribution in [3.05, 3.63) is 63.6 Å². The maximum absolute atomic E-state index is 12.4. The van der Waals surface area contributed by atoms with E-state index in [-0.39, 0.29) is 10.5 Å². The number of ether oxygens (including phenoxy) is 1. The number of benzene rings is 2. The summed E-state index contributed by atoms with van der Waals surface area (Å²) in [7, 11) is -2.45. The molecule has 0 saturated carbocycles. The van der Waals surface area contributed by atoms with Crippen LogP contribution in [0, 0.1) is 0 Å². The van der Waals surface area contributed by atoms with E-state index < -0.39 is 34.0 Å². The van der Waals surface area contributed by atoms with E-state index in [4.69, 9.17) is 27.9 Å². The summed E-state index contributed by atoms with van der Waals surface area (Å²) >= 11 is 12.0. The highest BCUT2D eigenvalue weighted by Gasteiger charge is 2.23. The second kappa shape index (κ2) is 9.58. The van der Waals surface area contributed by atoms with Gasteiger partial charge in [0, 0.05) is 10.0 Å². The highest BCUT2D eigenvalue weighted by Crippen LogP contribution is 2.26. The molecule has 0 aromatic heterocycles. The van der Waals surface area contributed by atoms with Crippen molar-refractivity contribution < 1.29 is 22.7 Å². The van der Waals surface area contributed by atoms with Crippen LogP contribution in [0.4, 0.5) is 0 Å². The molecular formula is C19H20Cl2N2O5S. The number of carbonyl (C=O) groups excluding carboxylic acids is 2. The number of sulfonamides is 1. The van der Waals surface area contributed by atoms with Crippen molar-refractivity contribution in [2.75, 3.05) is 7.05 Å². The minimum Gasteiger partial charge on any atom is -0.449 e. The number of halogens is 2. The van der Waals surface area contributed by atoms with Gasteiger partial charge >= 0.3 is 5.97 Å². The molecular weight excluding hydrogens is 439 g/mol. The van der Waals surface area contributed by atoms with E-state index in [0.717, 1.165) is 0 Å². The summed E-state index contributed by atoms with van der Waals surface area (Å²) in [5.74, 6) is -1.35. The van der Waals surface area contributed by atoms with Crippen molar-refractivity contribution in [2.45, 2.75) is 30.9 Å². The van der Waals surface area contributed by atoms with Gasteiger partial charge in [-0.05, 0) is 56.8 Å². The Kier molecular flexibility index (Phi) is 7.65. The van der Waals surface area contributed by atoms with Gasteiger partial charge in [0.2, 0.25) is 10.0 Å². The van der Waals surface area contributed by atoms with Gasteiger partial charge in [0.1, 0.15) is 0 Å². The number of rotatable bonds is 7. The van der Waals surface area contributed by atoms with Crippen LogP contribution in [0.1, 0.15) is 35.8 Å². The molecule has 2 atom stereocenters. The molecule has 2 unspecified atom stereocenters. The Morgan fingerprint density at radius 3 is 2.38 bits per heavy atom. The third-order valence-corrected chi connectivity index (χ3v) is 6.06. The van der Waals surface area contributed by atoms with Crippen LogP contribution in [-0.2, 0) is 19.6 Å². The molecule has 2 aromatic rings. The molecule has 0 aliphatic heterocycles. The summed E-state index contributed by atoms with van der Waals surface area (Å²) in [6.07, 6.45) is -1.11. The molecule has 1 amide bonds. The standard InChI is InChI=1S/C19H20Cl2N2O5S/c1-11(16-8-7-14(20)10-17(16)21)23-18(24)12(2)28-19(25)13-5-4-6-15(9-13)29(26,27)22-3/h4-12,22H,1-3H3,(H,23,24). The molecule has 10 heteroatoms. The van der Waals surface area contributed by atoms with Crippen LogP contribution in [0.15, 0.2) is 47.4 Å². The Bertz CT molecular complexity index is 1030. The Labute approximate surface area is 179 Å². The third-order valence-electron chi connectivity index (χ3n) is 4.09. The van der Waals surface area contributed by atoms with E-state index in [1.54, 1.807) is 25.1 Å². The summed E-state index contributed by atoms with van der Waals surface area (Å²) in [6, 6.07) is 9.80. The SMILES string of the molecule is CNS(=O)(=O)c1cccc(C(=O)OC(C)C(=O)NC(C)c2ccc(Cl)cc2Cl)c1. The second-order valence-corrected chi connectivity index (χ2v) is 8.91. The predicted molar refractivity (Wildman–Crippen MR) is 111 cm³/mol. The number of hydrogen-bond acceptors (Lipinski definition) is 5. The van der Waals surface area contributed by atoms with E-state index in [1.165, 1.54) is 38.2 Å². The fourth-order valence-corrected chi connectivity index (χ4v) is 3.80. The topological polar surface area (TPSA) is 102 Å². The van der Waals surface area contributed by atoms with Gasteiger partial charge in [-0.25, -0.2) is 17.9 Å². The second-order valence-electron chi connectivity index (χ2n) is 6.18. The van der Waals surface area contributed by atoms with E-state index in [1.807, 2.05) is 0 Å². The fourth-order valence-electron chi connectivity index (χ4n) is 2.45. The zero-order chi connectivity index (χ0) is 21.8. The van der Waals surface area contributed by atoms with E-state index in [2.05, 4.69) is 10.0 Å². The molecule has 0 bridgehead atoms. The molecule has 2 rings (SSSR count). The average Bonchev–Trinajstić information content (AvgIpc) is 2.67. The summed E-state index contributed by atoms with van der Waals surface area (Å²) in [4.78, 5) is 24.6. The monoisotopic (exact) mass is 458 g/mol. The molecule has 0 saturated heterocycles. The average molecular weight is 459 g/mol. The normalized spacial score (nSPS) is 13.4. The summed E-state index contributed by atoms with van der Waals surface area (Å²) in [5, 5.41) is 3.58. The van der Waals surface area contributed by atoms with Crippen LogP contribution in [0.3, 0.4) is 0 Å². The predicted octanol–water partition coefficient (Wildman–Crippen LogP) is 3.32. The lowest BCUT2D eigenvalue weighted by Gasteiger charge is -2.19. The fraction of sp³-hybridized carbons (Fsp3) is 0.263. The van der Waals surface area contributed by atoms with E-state index >= 15 is 0 Å². The van der Waals surface area contributed by atoms with Gasteiger partial charge in [-0.2, -0.15) is 0 Å². The van der Waals surface area contributed by atoms with Gasteiger partial charge in [0.05, 0.1) is 16.5 Å². The van der Waals surface area contributed by atoms with Crippen molar-refractivity contribution in [2.24, 2.45) is 0 Å². The molecule has 0 aliphatic rings. The maximum Gasteiger partial charge on any atom is 0.338 e. The first-order chi connectivity index (χ1) is 13.5. The first-order valence-electron chi connectivity index (χ1n) is 8.55. The third kappa shape index (κ3) is 5.93. The number of nitrogens with one attached hydrogen (secondary N) is 2. The van der Waals surface area contributed by atoms with Crippen LogP contribution in [0.2, 0.25) is 10.0 Å². The highest BCUT2D eigenvalue weighted by atomic mass is 35.5. The van der Waals surface area contributed by atoms with Gasteiger partial charge in [0.15, 0.2) is 6.10 Å². The minimum absolute atomic E-state index is 0.00905. The van der Waals surface area contributed by atoms with Gasteiger partial charge < -0.3 is 10.1 Å². The maximum atomic E-state index is 12.4. The molecule has 156 valence electrons. The van der Waals surface area contributed by atoms with Crippen LogP contribution in [0.5, 0.6) is 0 Å². The number of esters is 1. The Morgan fingerprint density at radius 1 is 1.07 bits per heavy atom. The smallest absolute Gasteiger partial charge is 0.338 e. The zero-order valence-corrected chi connectivity index (χ0v) is 18.2. The van der Waals surface area contributed by atoms with Crippen LogP contribution in [0.25, 0.3) is 0 Å². The number of amides is 1. The quantitative estimate of drug-likeness (QED) is 0.619. The molecule has 2 N–H and O–H groups in total. The summed E-state index contributed by atoms with van der Waals surface area (Å²) in [6.45, 7) is 3.14. The lowest BCUT2D eigenvalue weighted by atomic mass is 10.1. The van der Waals surface area contributed by atoms with Crippen molar-refractivity contribution in [3.63, 3.8) is 0 Å². The van der Waals surface area contributed by atoms with Crippen LogP contribution >= 0.6 is 23.2 Å². The molecule has 2 aromatic carbocycles. The Hall–Kier alpha value is -2.13. The minimum atomic E-state index is -3.71. The van der Waals surface area contributed by atoms with Gasteiger partial charge in [0.25, 0.3) is 5.91 Å². The van der Waals surface area contributed by atoms with Gasteiger partial charge in [-0.15, -0.1) is 0 Å². The molecule has 29 heavy (non-hydrogen) atoms. The summed E-state index contributed by atoms with van der Waals surface area (Å²) < 4.78 is 31.1. The Morgan fingerprint density at radius 2 is 1.76 bits per heavy atom. The Balaban J connectivity index is 2.05. The number of carbonyl (C=O) groups is 2. The van der Waals surface area contributed by atoms with E-state index in [9.17, 15) is 18.0 Å². The number of hydrogen-bond donors (Lipinski definition) is 2. The lowest BCUT2D eigenvalue weighted by molar-refractivity contribution is -0.129.